The lowest BCUT2D eigenvalue weighted by atomic mass is 10.1. The summed E-state index contributed by atoms with van der Waals surface area (Å²) in [5.74, 6) is 0.831. The monoisotopic (exact) mass is 339 g/mol. The minimum atomic E-state index is -0.610. The van der Waals surface area contributed by atoms with E-state index in [1.165, 1.54) is 12.8 Å². The average Bonchev–Trinajstić information content (AvgIpc) is 2.94. The van der Waals surface area contributed by atoms with Crippen molar-refractivity contribution in [3.05, 3.63) is 23.8 Å². The molecule has 2 atom stereocenters. The molecule has 0 aromatic heterocycles. The van der Waals surface area contributed by atoms with Crippen molar-refractivity contribution < 1.29 is 14.4 Å². The molecule has 5 aliphatic rings. The van der Waals surface area contributed by atoms with Crippen LogP contribution in [0.3, 0.4) is 0 Å². The third kappa shape index (κ3) is 2.27. The Bertz CT molecular complexity index is 791. The topological polar surface area (TPSA) is 87.3 Å². The molecule has 0 saturated heterocycles. The first-order valence-corrected chi connectivity index (χ1v) is 9.11. The summed E-state index contributed by atoms with van der Waals surface area (Å²) in [5.41, 5.74) is 2.30. The summed E-state index contributed by atoms with van der Waals surface area (Å²) in [5, 5.41) is 8.57. The van der Waals surface area contributed by atoms with Crippen LogP contribution in [0.5, 0.6) is 0 Å². The molecule has 4 aliphatic carbocycles. The van der Waals surface area contributed by atoms with E-state index < -0.39 is 11.8 Å². The number of hydrogen-bond donors (Lipinski definition) is 3. The smallest absolute Gasteiger partial charge is 0.313 e. The maximum absolute atomic E-state index is 12.3. The highest BCUT2D eigenvalue weighted by Crippen LogP contribution is 2.73. The predicted molar refractivity (Wildman–Crippen MR) is 91.8 cm³/mol. The summed E-state index contributed by atoms with van der Waals surface area (Å²) in [6, 6.07) is 5.35. The SMILES string of the molecule is O=C1CCCc2cc(NC(=O)C(=O)NC34CC5CC3C4C5)ccc2N1. The van der Waals surface area contributed by atoms with Crippen molar-refractivity contribution in [3.63, 3.8) is 0 Å². The van der Waals surface area contributed by atoms with Crippen molar-refractivity contribution in [3.8, 4) is 0 Å². The van der Waals surface area contributed by atoms with E-state index in [0.717, 1.165) is 36.4 Å². The van der Waals surface area contributed by atoms with Crippen LogP contribution < -0.4 is 16.0 Å². The fourth-order valence-electron chi connectivity index (χ4n) is 5.46. The van der Waals surface area contributed by atoms with Crippen LogP contribution in [0, 0.1) is 17.8 Å². The van der Waals surface area contributed by atoms with Crippen molar-refractivity contribution in [2.24, 2.45) is 17.8 Å². The number of fused-ring (bicyclic) bond motifs is 1. The Hall–Kier alpha value is -2.37. The van der Waals surface area contributed by atoms with E-state index in [2.05, 4.69) is 16.0 Å². The summed E-state index contributed by atoms with van der Waals surface area (Å²) < 4.78 is 0. The van der Waals surface area contributed by atoms with Crippen LogP contribution in [0.4, 0.5) is 11.4 Å². The van der Waals surface area contributed by atoms with Gasteiger partial charge in [-0.15, -0.1) is 0 Å². The number of hydrogen-bond acceptors (Lipinski definition) is 3. The van der Waals surface area contributed by atoms with Crippen molar-refractivity contribution in [1.29, 1.82) is 0 Å². The quantitative estimate of drug-likeness (QED) is 0.718. The molecule has 1 heterocycles. The number of aryl methyl sites for hydroxylation is 1. The molecule has 2 unspecified atom stereocenters. The number of carbonyl (C=O) groups is 3. The summed E-state index contributed by atoms with van der Waals surface area (Å²) in [4.78, 5) is 36.2. The van der Waals surface area contributed by atoms with E-state index in [-0.39, 0.29) is 11.4 Å². The van der Waals surface area contributed by atoms with Crippen LogP contribution in [-0.2, 0) is 20.8 Å². The largest absolute Gasteiger partial charge is 0.342 e. The van der Waals surface area contributed by atoms with E-state index >= 15 is 0 Å². The Labute approximate surface area is 145 Å². The molecule has 130 valence electrons. The van der Waals surface area contributed by atoms with E-state index in [9.17, 15) is 14.4 Å². The Morgan fingerprint density at radius 2 is 1.92 bits per heavy atom. The van der Waals surface area contributed by atoms with E-state index in [1.807, 2.05) is 6.07 Å². The van der Waals surface area contributed by atoms with Crippen LogP contribution in [0.1, 0.15) is 37.7 Å². The van der Waals surface area contributed by atoms with E-state index in [1.54, 1.807) is 12.1 Å². The number of carbonyl (C=O) groups excluding carboxylic acids is 3. The molecule has 4 fully saturated rings. The maximum Gasteiger partial charge on any atom is 0.313 e. The second-order valence-corrected chi connectivity index (χ2v) is 7.98. The first kappa shape index (κ1) is 14.9. The van der Waals surface area contributed by atoms with Gasteiger partial charge < -0.3 is 16.0 Å². The highest BCUT2D eigenvalue weighted by Gasteiger charge is 2.75. The predicted octanol–water partition coefficient (Wildman–Crippen LogP) is 1.81. The van der Waals surface area contributed by atoms with Gasteiger partial charge in [-0.2, -0.15) is 0 Å². The van der Waals surface area contributed by atoms with Crippen LogP contribution >= 0.6 is 0 Å². The van der Waals surface area contributed by atoms with Crippen LogP contribution in [0.25, 0.3) is 0 Å². The van der Waals surface area contributed by atoms with E-state index in [0.29, 0.717) is 23.9 Å². The second-order valence-electron chi connectivity index (χ2n) is 7.98. The van der Waals surface area contributed by atoms with Gasteiger partial charge in [-0.25, -0.2) is 0 Å². The fourth-order valence-corrected chi connectivity index (χ4v) is 5.46. The highest BCUT2D eigenvalue weighted by molar-refractivity contribution is 6.39. The number of anilines is 2. The third-order valence-corrected chi connectivity index (χ3v) is 6.54. The molecule has 1 aliphatic heterocycles. The number of nitrogens with one attached hydrogen (secondary N) is 3. The van der Waals surface area contributed by atoms with Crippen molar-refractivity contribution in [2.75, 3.05) is 10.6 Å². The molecule has 1 aromatic rings. The van der Waals surface area contributed by atoms with Crippen LogP contribution in [-0.4, -0.2) is 23.3 Å². The Balaban J connectivity index is 1.26. The molecule has 6 rings (SSSR count). The molecule has 3 amide bonds. The number of rotatable bonds is 2. The lowest BCUT2D eigenvalue weighted by Crippen LogP contribution is -2.43. The molecule has 4 bridgehead atoms. The molecule has 6 nitrogen and oxygen atoms in total. The number of amides is 3. The molecule has 0 spiro atoms. The minimum absolute atomic E-state index is 0.0168. The first-order chi connectivity index (χ1) is 12.0. The molecular weight excluding hydrogens is 318 g/mol. The summed E-state index contributed by atoms with van der Waals surface area (Å²) in [7, 11) is 0. The number of benzene rings is 1. The second kappa shape index (κ2) is 5.07. The van der Waals surface area contributed by atoms with Gasteiger partial charge >= 0.3 is 11.8 Å². The molecule has 25 heavy (non-hydrogen) atoms. The Morgan fingerprint density at radius 3 is 2.64 bits per heavy atom. The van der Waals surface area contributed by atoms with Gasteiger partial charge in [0.05, 0.1) is 0 Å². The molecule has 4 saturated carbocycles. The highest BCUT2D eigenvalue weighted by atomic mass is 16.2. The van der Waals surface area contributed by atoms with Crippen LogP contribution in [0.15, 0.2) is 18.2 Å². The fraction of sp³-hybridized carbons (Fsp3) is 0.526. The van der Waals surface area contributed by atoms with Gasteiger partial charge in [0.1, 0.15) is 0 Å². The zero-order valence-corrected chi connectivity index (χ0v) is 13.9. The normalized spacial score (nSPS) is 33.9. The lowest BCUT2D eigenvalue weighted by Gasteiger charge is -2.15. The average molecular weight is 339 g/mol. The van der Waals surface area contributed by atoms with Crippen molar-refractivity contribution >= 4 is 29.1 Å². The summed E-state index contributed by atoms with van der Waals surface area (Å²) in [6.45, 7) is 0. The third-order valence-electron chi connectivity index (χ3n) is 6.54. The maximum atomic E-state index is 12.3. The van der Waals surface area contributed by atoms with Gasteiger partial charge in [0.25, 0.3) is 0 Å². The van der Waals surface area contributed by atoms with Gasteiger partial charge in [0, 0.05) is 23.3 Å². The minimum Gasteiger partial charge on any atom is -0.342 e. The van der Waals surface area contributed by atoms with Gasteiger partial charge in [0.2, 0.25) is 5.91 Å². The standard InChI is InChI=1S/C19H21N3O3/c23-16-3-1-2-11-8-12(4-5-15(11)21-16)20-17(24)18(25)22-19-9-10-6-13(19)14(19)7-10/h4-5,8,10,13-14H,1-3,6-7,9H2,(H,20,24)(H,21,23)(H,22,25). The Kier molecular flexibility index (Phi) is 3.03. The summed E-state index contributed by atoms with van der Waals surface area (Å²) >= 11 is 0. The lowest BCUT2D eigenvalue weighted by molar-refractivity contribution is -0.136. The molecule has 3 N–H and O–H groups in total. The summed E-state index contributed by atoms with van der Waals surface area (Å²) in [6.07, 6.45) is 5.53. The first-order valence-electron chi connectivity index (χ1n) is 9.11. The molecule has 0 radical (unpaired) electrons. The van der Waals surface area contributed by atoms with Gasteiger partial charge in [0.15, 0.2) is 0 Å². The molecule has 1 aromatic carbocycles. The van der Waals surface area contributed by atoms with Gasteiger partial charge in [-0.3, -0.25) is 14.4 Å². The Morgan fingerprint density at radius 1 is 1.12 bits per heavy atom. The van der Waals surface area contributed by atoms with E-state index in [4.69, 9.17) is 0 Å². The molecule has 6 heteroatoms. The molecular formula is C19H21N3O3. The van der Waals surface area contributed by atoms with Crippen LogP contribution in [0.2, 0.25) is 0 Å². The zero-order valence-electron chi connectivity index (χ0n) is 13.9. The van der Waals surface area contributed by atoms with Gasteiger partial charge in [-0.05, 0) is 73.6 Å². The zero-order chi connectivity index (χ0) is 17.2. The van der Waals surface area contributed by atoms with Crippen molar-refractivity contribution in [2.45, 2.75) is 44.1 Å². The van der Waals surface area contributed by atoms with Gasteiger partial charge in [-0.1, -0.05) is 0 Å². The van der Waals surface area contributed by atoms with Crippen molar-refractivity contribution in [1.82, 2.24) is 5.32 Å².